The van der Waals surface area contributed by atoms with Crippen molar-refractivity contribution in [2.75, 3.05) is 0 Å². The molecule has 2 aromatic rings. The molecule has 0 spiro atoms. The first kappa shape index (κ1) is 18.4. The van der Waals surface area contributed by atoms with Crippen LogP contribution in [0.15, 0.2) is 42.0 Å². The topological polar surface area (TPSA) is 37.3 Å². The van der Waals surface area contributed by atoms with Crippen molar-refractivity contribution in [1.82, 2.24) is 0 Å². The van der Waals surface area contributed by atoms with E-state index in [4.69, 9.17) is 0 Å². The molecule has 2 nitrogen and oxygen atoms in total. The van der Waals surface area contributed by atoms with Gasteiger partial charge in [-0.25, -0.2) is 0 Å². The molecular formula is C24H28O2. The van der Waals surface area contributed by atoms with Crippen LogP contribution in [0.4, 0.5) is 0 Å². The number of ketones is 1. The Morgan fingerprint density at radius 2 is 1.46 bits per heavy atom. The molecule has 0 saturated heterocycles. The van der Waals surface area contributed by atoms with Gasteiger partial charge in [0.1, 0.15) is 5.75 Å². The zero-order chi connectivity index (χ0) is 19.3. The second-order valence-electron chi connectivity index (χ2n) is 9.30. The minimum absolute atomic E-state index is 0.114. The van der Waals surface area contributed by atoms with E-state index in [9.17, 15) is 9.90 Å². The summed E-state index contributed by atoms with van der Waals surface area (Å²) < 4.78 is 0. The number of allylic oxidation sites excluding steroid dienone is 1. The normalized spacial score (nSPS) is 16.2. The van der Waals surface area contributed by atoms with Crippen LogP contribution in [0.3, 0.4) is 0 Å². The molecule has 26 heavy (non-hydrogen) atoms. The van der Waals surface area contributed by atoms with Gasteiger partial charge in [0.2, 0.25) is 0 Å². The molecule has 2 aromatic carbocycles. The van der Waals surface area contributed by atoms with E-state index in [0.29, 0.717) is 12.2 Å². The van der Waals surface area contributed by atoms with E-state index in [0.717, 1.165) is 33.4 Å². The molecule has 0 atom stereocenters. The largest absolute Gasteiger partial charge is 0.507 e. The lowest BCUT2D eigenvalue weighted by molar-refractivity contribution is 0.104. The summed E-state index contributed by atoms with van der Waals surface area (Å²) in [5.41, 5.74) is 5.17. The van der Waals surface area contributed by atoms with E-state index in [-0.39, 0.29) is 16.6 Å². The number of aromatic hydroxyl groups is 1. The monoisotopic (exact) mass is 348 g/mol. The lowest BCUT2D eigenvalue weighted by atomic mass is 9.78. The maximum atomic E-state index is 12.7. The lowest BCUT2D eigenvalue weighted by Crippen LogP contribution is -2.17. The first-order chi connectivity index (χ1) is 12.0. The highest BCUT2D eigenvalue weighted by atomic mass is 16.3. The van der Waals surface area contributed by atoms with Crippen molar-refractivity contribution >= 4 is 11.9 Å². The molecule has 136 valence electrons. The molecule has 3 rings (SSSR count). The Hall–Kier alpha value is -2.35. The van der Waals surface area contributed by atoms with E-state index in [2.05, 4.69) is 41.5 Å². The highest BCUT2D eigenvalue weighted by Crippen LogP contribution is 2.40. The molecule has 0 saturated carbocycles. The third-order valence-corrected chi connectivity index (χ3v) is 5.02. The van der Waals surface area contributed by atoms with Crippen molar-refractivity contribution in [3.8, 4) is 5.75 Å². The number of hydrogen-bond acceptors (Lipinski definition) is 2. The number of fused-ring (bicyclic) bond motifs is 1. The standard InChI is InChI=1S/C24H28O2/c1-23(2,3)19-12-15(13-20(22(19)26)24(4,5)6)11-17-14-16-9-7-8-10-18(16)21(17)25/h7-13,26H,14H2,1-6H3/b17-11-. The smallest absolute Gasteiger partial charge is 0.189 e. The van der Waals surface area contributed by atoms with Gasteiger partial charge in [-0.2, -0.15) is 0 Å². The van der Waals surface area contributed by atoms with Crippen LogP contribution in [0.5, 0.6) is 5.75 Å². The SMILES string of the molecule is CC(C)(C)c1cc(/C=C2/Cc3ccccc3C2=O)cc(C(C)(C)C)c1O. The maximum absolute atomic E-state index is 12.7. The number of hydrogen-bond donors (Lipinski definition) is 1. The molecule has 2 heteroatoms. The molecule has 0 amide bonds. The van der Waals surface area contributed by atoms with Gasteiger partial charge in [0.05, 0.1) is 0 Å². The number of carbonyl (C=O) groups is 1. The Balaban J connectivity index is 2.14. The van der Waals surface area contributed by atoms with Crippen LogP contribution in [0.1, 0.15) is 74.2 Å². The number of Topliss-reactive ketones (excluding diaryl/α,β-unsaturated/α-hetero) is 1. The summed E-state index contributed by atoms with van der Waals surface area (Å²) in [5.74, 6) is 0.483. The first-order valence-corrected chi connectivity index (χ1v) is 9.19. The minimum atomic E-state index is -0.179. The van der Waals surface area contributed by atoms with Crippen LogP contribution < -0.4 is 0 Å². The van der Waals surface area contributed by atoms with Crippen LogP contribution in [0, 0.1) is 0 Å². The predicted molar refractivity (Wildman–Crippen MR) is 108 cm³/mol. The minimum Gasteiger partial charge on any atom is -0.507 e. The van der Waals surface area contributed by atoms with Gasteiger partial charge >= 0.3 is 0 Å². The van der Waals surface area contributed by atoms with Gasteiger partial charge in [-0.15, -0.1) is 0 Å². The number of phenolic OH excluding ortho intramolecular Hbond substituents is 1. The molecule has 0 aromatic heterocycles. The van der Waals surface area contributed by atoms with Crippen LogP contribution in [0.25, 0.3) is 6.08 Å². The Kier molecular flexibility index (Phi) is 4.34. The van der Waals surface area contributed by atoms with Gasteiger partial charge in [-0.05, 0) is 40.2 Å². The average Bonchev–Trinajstić information content (AvgIpc) is 2.83. The molecule has 1 aliphatic carbocycles. The fourth-order valence-electron chi connectivity index (χ4n) is 3.56. The Bertz CT molecular complexity index is 868. The fourth-order valence-corrected chi connectivity index (χ4v) is 3.56. The summed E-state index contributed by atoms with van der Waals surface area (Å²) in [4.78, 5) is 12.7. The van der Waals surface area contributed by atoms with Gasteiger partial charge < -0.3 is 5.11 Å². The Morgan fingerprint density at radius 3 is 1.96 bits per heavy atom. The van der Waals surface area contributed by atoms with Crippen molar-refractivity contribution < 1.29 is 9.90 Å². The van der Waals surface area contributed by atoms with Crippen LogP contribution >= 0.6 is 0 Å². The Labute approximate surface area is 156 Å². The molecule has 1 N–H and O–H groups in total. The van der Waals surface area contributed by atoms with Gasteiger partial charge in [0.15, 0.2) is 5.78 Å². The van der Waals surface area contributed by atoms with Gasteiger partial charge in [-0.1, -0.05) is 65.8 Å². The molecule has 0 aliphatic heterocycles. The highest BCUT2D eigenvalue weighted by molar-refractivity contribution is 6.15. The van der Waals surface area contributed by atoms with E-state index in [1.165, 1.54) is 0 Å². The summed E-state index contributed by atoms with van der Waals surface area (Å²) in [6.07, 6.45) is 2.66. The van der Waals surface area contributed by atoms with Crippen LogP contribution in [-0.2, 0) is 17.3 Å². The summed E-state index contributed by atoms with van der Waals surface area (Å²) in [7, 11) is 0. The van der Waals surface area contributed by atoms with Crippen molar-refractivity contribution in [3.05, 3.63) is 69.8 Å². The zero-order valence-corrected chi connectivity index (χ0v) is 16.6. The summed E-state index contributed by atoms with van der Waals surface area (Å²) in [6.45, 7) is 12.6. The number of rotatable bonds is 1. The summed E-state index contributed by atoms with van der Waals surface area (Å²) in [5, 5.41) is 10.9. The third kappa shape index (κ3) is 3.33. The van der Waals surface area contributed by atoms with E-state index in [1.807, 2.05) is 42.5 Å². The molecule has 0 radical (unpaired) electrons. The molecule has 0 bridgehead atoms. The van der Waals surface area contributed by atoms with Gasteiger partial charge in [0.25, 0.3) is 0 Å². The van der Waals surface area contributed by atoms with E-state index < -0.39 is 0 Å². The maximum Gasteiger partial charge on any atom is 0.189 e. The van der Waals surface area contributed by atoms with Crippen molar-refractivity contribution in [2.24, 2.45) is 0 Å². The average molecular weight is 348 g/mol. The zero-order valence-electron chi connectivity index (χ0n) is 16.6. The molecule has 0 unspecified atom stereocenters. The quantitative estimate of drug-likeness (QED) is 0.660. The molecule has 0 fully saturated rings. The fraction of sp³-hybridized carbons (Fsp3) is 0.375. The third-order valence-electron chi connectivity index (χ3n) is 5.02. The summed E-state index contributed by atoms with van der Waals surface area (Å²) in [6, 6.07) is 11.9. The molecule has 0 heterocycles. The molecule has 1 aliphatic rings. The highest BCUT2D eigenvalue weighted by Gasteiger charge is 2.28. The van der Waals surface area contributed by atoms with Gasteiger partial charge in [-0.3, -0.25) is 4.79 Å². The molecular weight excluding hydrogens is 320 g/mol. The predicted octanol–water partition coefficient (Wildman–Crippen LogP) is 5.81. The van der Waals surface area contributed by atoms with Crippen molar-refractivity contribution in [3.63, 3.8) is 0 Å². The Morgan fingerprint density at radius 1 is 0.923 bits per heavy atom. The second-order valence-corrected chi connectivity index (χ2v) is 9.30. The van der Waals surface area contributed by atoms with E-state index >= 15 is 0 Å². The van der Waals surface area contributed by atoms with Crippen LogP contribution in [-0.4, -0.2) is 10.9 Å². The number of benzene rings is 2. The van der Waals surface area contributed by atoms with E-state index in [1.54, 1.807) is 0 Å². The second kappa shape index (κ2) is 6.12. The first-order valence-electron chi connectivity index (χ1n) is 9.19. The van der Waals surface area contributed by atoms with Crippen LogP contribution in [0.2, 0.25) is 0 Å². The van der Waals surface area contributed by atoms with Gasteiger partial charge in [0, 0.05) is 28.7 Å². The lowest BCUT2D eigenvalue weighted by Gasteiger charge is -2.28. The number of carbonyl (C=O) groups excluding carboxylic acids is 1. The van der Waals surface area contributed by atoms with Crippen molar-refractivity contribution in [2.45, 2.75) is 58.8 Å². The van der Waals surface area contributed by atoms with Crippen molar-refractivity contribution in [1.29, 1.82) is 0 Å². The summed E-state index contributed by atoms with van der Waals surface area (Å²) >= 11 is 0. The number of phenols is 1.